The Bertz CT molecular complexity index is 943. The van der Waals surface area contributed by atoms with Crippen molar-refractivity contribution in [2.24, 2.45) is 0 Å². The van der Waals surface area contributed by atoms with Gasteiger partial charge in [-0.2, -0.15) is 8.42 Å². The van der Waals surface area contributed by atoms with E-state index in [1.807, 2.05) is 0 Å². The zero-order valence-corrected chi connectivity index (χ0v) is 16.3. The molecule has 150 valence electrons. The monoisotopic (exact) mass is 407 g/mol. The quantitative estimate of drug-likeness (QED) is 0.704. The Balaban J connectivity index is 1.56. The number of nitrogens with one attached hydrogen (secondary N) is 1. The van der Waals surface area contributed by atoms with Gasteiger partial charge in [-0.1, -0.05) is 24.6 Å². The summed E-state index contributed by atoms with van der Waals surface area (Å²) in [4.78, 5) is 0. The molecule has 8 heteroatoms. The summed E-state index contributed by atoms with van der Waals surface area (Å²) in [5.74, 6) is -1.82. The van der Waals surface area contributed by atoms with Crippen molar-refractivity contribution in [2.45, 2.75) is 38.1 Å². The maximum Gasteiger partial charge on any atom is 0.331 e. The first-order valence-corrected chi connectivity index (χ1v) is 11.0. The molecular weight excluding hydrogens is 384 g/mol. The summed E-state index contributed by atoms with van der Waals surface area (Å²) < 4.78 is 57.1. The van der Waals surface area contributed by atoms with Gasteiger partial charge in [0, 0.05) is 12.6 Å². The molecule has 0 unspecified atom stereocenters. The fourth-order valence-corrected chi connectivity index (χ4v) is 5.42. The minimum atomic E-state index is -4.12. The number of unbranched alkanes of at least 4 members (excludes halogenated alkanes) is 1. The van der Waals surface area contributed by atoms with E-state index < -0.39 is 27.5 Å². The molecule has 4 rings (SSSR count). The number of nitrogens with zero attached hydrogens (tertiary/aromatic N) is 2. The first kappa shape index (κ1) is 19.1. The smallest absolute Gasteiger partial charge is 0.314 e. The van der Waals surface area contributed by atoms with Gasteiger partial charge in [0.25, 0.3) is 0 Å². The molecule has 5 nitrogen and oxygen atoms in total. The standard InChI is InChI=1S/C20H23F2N3O2S/c21-16-9-6-10-17(22)20(16)25-19-12-2-1-11-18(19)24(28(25,26)27)14-4-3-13-23-15-7-5-8-15/h1-2,6,9-12,15,23H,3-5,7-8,13-14H2. The molecule has 0 aromatic heterocycles. The summed E-state index contributed by atoms with van der Waals surface area (Å²) >= 11 is 0. The Morgan fingerprint density at radius 1 is 0.964 bits per heavy atom. The molecule has 0 bridgehead atoms. The highest BCUT2D eigenvalue weighted by molar-refractivity contribution is 7.95. The molecule has 0 atom stereocenters. The predicted molar refractivity (Wildman–Crippen MR) is 106 cm³/mol. The predicted octanol–water partition coefficient (Wildman–Crippen LogP) is 4.09. The van der Waals surface area contributed by atoms with Gasteiger partial charge in [-0.3, -0.25) is 4.31 Å². The average Bonchev–Trinajstić information content (AvgIpc) is 2.84. The molecule has 1 saturated carbocycles. The molecule has 1 aliphatic carbocycles. The Labute approximate surface area is 164 Å². The first-order valence-electron chi connectivity index (χ1n) is 9.59. The molecule has 0 amide bonds. The number of para-hydroxylation sites is 3. The van der Waals surface area contributed by atoms with Crippen molar-refractivity contribution < 1.29 is 17.2 Å². The van der Waals surface area contributed by atoms with Gasteiger partial charge < -0.3 is 5.32 Å². The van der Waals surface area contributed by atoms with Gasteiger partial charge in [-0.25, -0.2) is 13.1 Å². The summed E-state index contributed by atoms with van der Waals surface area (Å²) in [6.07, 6.45) is 5.16. The summed E-state index contributed by atoms with van der Waals surface area (Å²) in [6.45, 7) is 1.10. The summed E-state index contributed by atoms with van der Waals surface area (Å²) in [5, 5.41) is 3.46. The van der Waals surface area contributed by atoms with E-state index in [1.165, 1.54) is 29.6 Å². The van der Waals surface area contributed by atoms with Gasteiger partial charge in [0.15, 0.2) is 11.6 Å². The van der Waals surface area contributed by atoms with Crippen LogP contribution < -0.4 is 13.9 Å². The number of rotatable bonds is 7. The fraction of sp³-hybridized carbons (Fsp3) is 0.400. The number of hydrogen-bond acceptors (Lipinski definition) is 3. The maximum atomic E-state index is 14.4. The molecular formula is C20H23F2N3O2S. The van der Waals surface area contributed by atoms with Gasteiger partial charge in [-0.15, -0.1) is 0 Å². The maximum absolute atomic E-state index is 14.4. The SMILES string of the molecule is O=S1(=O)N(CCCCNC2CCC2)c2ccccc2N1c1c(F)cccc1F. The van der Waals surface area contributed by atoms with Crippen molar-refractivity contribution in [2.75, 3.05) is 21.7 Å². The van der Waals surface area contributed by atoms with Crippen LogP contribution in [0.4, 0.5) is 25.8 Å². The number of hydrogen-bond donors (Lipinski definition) is 1. The highest BCUT2D eigenvalue weighted by Crippen LogP contribution is 2.46. The van der Waals surface area contributed by atoms with Crippen LogP contribution in [0.25, 0.3) is 0 Å². The normalized spacial score (nSPS) is 18.2. The second-order valence-electron chi connectivity index (χ2n) is 7.19. The third kappa shape index (κ3) is 3.35. The molecule has 0 saturated heterocycles. The molecule has 2 aromatic carbocycles. The highest BCUT2D eigenvalue weighted by Gasteiger charge is 2.43. The van der Waals surface area contributed by atoms with E-state index in [0.717, 1.165) is 29.4 Å². The van der Waals surface area contributed by atoms with Crippen LogP contribution in [0.15, 0.2) is 42.5 Å². The van der Waals surface area contributed by atoms with E-state index in [1.54, 1.807) is 24.3 Å². The minimum absolute atomic E-state index is 0.262. The van der Waals surface area contributed by atoms with Crippen molar-refractivity contribution >= 4 is 27.3 Å². The van der Waals surface area contributed by atoms with Crippen molar-refractivity contribution in [3.63, 3.8) is 0 Å². The number of anilines is 3. The molecule has 1 aliphatic heterocycles. The van der Waals surface area contributed by atoms with Crippen molar-refractivity contribution in [3.05, 3.63) is 54.1 Å². The van der Waals surface area contributed by atoms with Gasteiger partial charge in [-0.05, 0) is 56.5 Å². The lowest BCUT2D eigenvalue weighted by atomic mass is 9.93. The molecule has 1 heterocycles. The van der Waals surface area contributed by atoms with E-state index in [9.17, 15) is 17.2 Å². The number of fused-ring (bicyclic) bond motifs is 1. The molecule has 0 radical (unpaired) electrons. The van der Waals surface area contributed by atoms with Gasteiger partial charge in [0.1, 0.15) is 5.69 Å². The van der Waals surface area contributed by atoms with Gasteiger partial charge in [0.05, 0.1) is 11.4 Å². The number of halogens is 2. The van der Waals surface area contributed by atoms with E-state index in [2.05, 4.69) is 5.32 Å². The van der Waals surface area contributed by atoms with E-state index >= 15 is 0 Å². The lowest BCUT2D eigenvalue weighted by molar-refractivity contribution is 0.338. The van der Waals surface area contributed by atoms with E-state index in [0.29, 0.717) is 18.2 Å². The third-order valence-corrected chi connectivity index (χ3v) is 7.12. The van der Waals surface area contributed by atoms with Crippen molar-refractivity contribution in [1.82, 2.24) is 5.32 Å². The van der Waals surface area contributed by atoms with Crippen LogP contribution in [0.1, 0.15) is 32.1 Å². The molecule has 2 aromatic rings. The Morgan fingerprint density at radius 2 is 1.64 bits per heavy atom. The molecule has 0 spiro atoms. The minimum Gasteiger partial charge on any atom is -0.314 e. The van der Waals surface area contributed by atoms with Gasteiger partial charge >= 0.3 is 10.2 Å². The Hall–Kier alpha value is -2.19. The topological polar surface area (TPSA) is 52.7 Å². The summed E-state index contributed by atoms with van der Waals surface area (Å²) in [6, 6.07) is 10.5. The average molecular weight is 407 g/mol. The second-order valence-corrected chi connectivity index (χ2v) is 8.89. The lowest BCUT2D eigenvalue weighted by Crippen LogP contribution is -2.38. The van der Waals surface area contributed by atoms with Crippen LogP contribution in [0.3, 0.4) is 0 Å². The van der Waals surface area contributed by atoms with Crippen LogP contribution in [0, 0.1) is 11.6 Å². The number of benzene rings is 2. The Kier molecular flexibility index (Phi) is 5.25. The van der Waals surface area contributed by atoms with Crippen LogP contribution in [0.2, 0.25) is 0 Å². The van der Waals surface area contributed by atoms with Crippen LogP contribution >= 0.6 is 0 Å². The first-order chi connectivity index (χ1) is 13.5. The molecule has 28 heavy (non-hydrogen) atoms. The van der Waals surface area contributed by atoms with E-state index in [-0.39, 0.29) is 12.2 Å². The van der Waals surface area contributed by atoms with Gasteiger partial charge in [0.2, 0.25) is 0 Å². The highest BCUT2D eigenvalue weighted by atomic mass is 32.2. The third-order valence-electron chi connectivity index (χ3n) is 5.35. The summed E-state index contributed by atoms with van der Waals surface area (Å²) in [7, 11) is -4.12. The zero-order chi connectivity index (χ0) is 19.7. The Morgan fingerprint density at radius 3 is 2.29 bits per heavy atom. The largest absolute Gasteiger partial charge is 0.331 e. The molecule has 1 N–H and O–H groups in total. The summed E-state index contributed by atoms with van der Waals surface area (Å²) in [5.41, 5.74) is 0.139. The van der Waals surface area contributed by atoms with Crippen molar-refractivity contribution in [1.29, 1.82) is 0 Å². The van der Waals surface area contributed by atoms with E-state index in [4.69, 9.17) is 0 Å². The van der Waals surface area contributed by atoms with Crippen LogP contribution in [0.5, 0.6) is 0 Å². The molecule has 1 fully saturated rings. The van der Waals surface area contributed by atoms with Crippen LogP contribution in [-0.2, 0) is 10.2 Å². The fourth-order valence-electron chi connectivity index (χ4n) is 3.65. The zero-order valence-electron chi connectivity index (χ0n) is 15.4. The van der Waals surface area contributed by atoms with Crippen LogP contribution in [-0.4, -0.2) is 27.5 Å². The lowest BCUT2D eigenvalue weighted by Gasteiger charge is -2.26. The molecule has 2 aliphatic rings. The second kappa shape index (κ2) is 7.67. The van der Waals surface area contributed by atoms with Crippen molar-refractivity contribution in [3.8, 4) is 0 Å².